The van der Waals surface area contributed by atoms with Crippen LogP contribution in [-0.4, -0.2) is 12.3 Å². The normalized spacial score (nSPS) is 14.4. The van der Waals surface area contributed by atoms with Gasteiger partial charge in [0.1, 0.15) is 14.3 Å². The highest BCUT2D eigenvalue weighted by atomic mass is 31.2. The Kier molecular flexibility index (Phi) is 7.18. The minimum Gasteiger partial charge on any atom is -0.313 e. The van der Waals surface area contributed by atoms with Gasteiger partial charge in [-0.25, -0.2) is 0 Å². The van der Waals surface area contributed by atoms with Crippen molar-refractivity contribution in [2.24, 2.45) is 0 Å². The highest BCUT2D eigenvalue weighted by molar-refractivity contribution is 7.80. The molecule has 0 N–H and O–H groups in total. The fourth-order valence-corrected chi connectivity index (χ4v) is 14.0. The van der Waals surface area contributed by atoms with E-state index in [4.69, 9.17) is 0 Å². The van der Waals surface area contributed by atoms with E-state index in [0.29, 0.717) is 12.3 Å². The van der Waals surface area contributed by atoms with Crippen LogP contribution in [0.4, 0.5) is 0 Å². The topological polar surface area (TPSA) is 34.1 Å². The SMILES string of the molecule is C=CCP1(=O)c2ccc3ccccc3c2-c2c1ccc1ccccc21.C=CCP1(=O)c2ccc3ccccc3c2-c2c1ccc1ccccc21. The largest absolute Gasteiger partial charge is 0.313 e. The average Bonchev–Trinajstić information content (AvgIpc) is 3.58. The molecule has 0 aromatic heterocycles. The van der Waals surface area contributed by atoms with Gasteiger partial charge in [0, 0.05) is 55.8 Å². The minimum atomic E-state index is -2.68. The lowest BCUT2D eigenvalue weighted by molar-refractivity contribution is 0.588. The van der Waals surface area contributed by atoms with Gasteiger partial charge in [-0.3, -0.25) is 0 Å². The Labute approximate surface area is 292 Å². The predicted octanol–water partition coefficient (Wildman–Crippen LogP) is 10.9. The molecular weight excluding hydrogens is 646 g/mol. The summed E-state index contributed by atoms with van der Waals surface area (Å²) in [6, 6.07) is 50.2. The van der Waals surface area contributed by atoms with Gasteiger partial charge in [0.25, 0.3) is 0 Å². The van der Waals surface area contributed by atoms with Crippen molar-refractivity contribution in [1.82, 2.24) is 0 Å². The van der Waals surface area contributed by atoms with Gasteiger partial charge in [-0.15, -0.1) is 13.2 Å². The summed E-state index contributed by atoms with van der Waals surface area (Å²) in [6.45, 7) is 7.74. The lowest BCUT2D eigenvalue weighted by Gasteiger charge is -2.13. The molecule has 0 unspecified atom stereocenters. The smallest absolute Gasteiger partial charge is 0.148 e. The number of hydrogen-bond donors (Lipinski definition) is 0. The average molecular weight is 681 g/mol. The summed E-state index contributed by atoms with van der Waals surface area (Å²) in [5.41, 5.74) is 4.59. The van der Waals surface area contributed by atoms with Crippen molar-refractivity contribution in [2.75, 3.05) is 12.3 Å². The first-order valence-electron chi connectivity index (χ1n) is 17.0. The predicted molar refractivity (Wildman–Crippen MR) is 218 cm³/mol. The van der Waals surface area contributed by atoms with Crippen LogP contribution in [0.3, 0.4) is 0 Å². The van der Waals surface area contributed by atoms with Crippen molar-refractivity contribution < 1.29 is 9.13 Å². The van der Waals surface area contributed by atoms with Crippen LogP contribution < -0.4 is 21.2 Å². The summed E-state index contributed by atoms with van der Waals surface area (Å²) < 4.78 is 28.1. The first kappa shape index (κ1) is 30.8. The summed E-state index contributed by atoms with van der Waals surface area (Å²) in [5.74, 6) is 0. The van der Waals surface area contributed by atoms with Crippen molar-refractivity contribution in [3.63, 3.8) is 0 Å². The van der Waals surface area contributed by atoms with Crippen LogP contribution in [0.2, 0.25) is 0 Å². The third kappa shape index (κ3) is 4.36. The Morgan fingerprint density at radius 2 is 0.600 bits per heavy atom. The summed E-state index contributed by atoms with van der Waals surface area (Å²) in [6.07, 6.45) is 4.60. The third-order valence-electron chi connectivity index (χ3n) is 10.5. The molecule has 0 atom stereocenters. The number of rotatable bonds is 4. The molecule has 2 nitrogen and oxygen atoms in total. The van der Waals surface area contributed by atoms with Crippen LogP contribution in [0, 0.1) is 0 Å². The molecule has 50 heavy (non-hydrogen) atoms. The number of benzene rings is 8. The molecule has 2 aliphatic heterocycles. The van der Waals surface area contributed by atoms with E-state index < -0.39 is 14.3 Å². The zero-order chi connectivity index (χ0) is 34.0. The van der Waals surface area contributed by atoms with Gasteiger partial charge in [-0.1, -0.05) is 133 Å². The van der Waals surface area contributed by atoms with Crippen molar-refractivity contribution >= 4 is 78.6 Å². The number of allylic oxidation sites excluding steroid dienone is 2. The Morgan fingerprint density at radius 1 is 0.360 bits per heavy atom. The summed E-state index contributed by atoms with van der Waals surface area (Å²) in [7, 11) is -5.35. The molecular formula is C46H34O2P2. The van der Waals surface area contributed by atoms with Gasteiger partial charge in [0.2, 0.25) is 0 Å². The molecule has 2 aliphatic rings. The molecule has 10 rings (SSSR count). The van der Waals surface area contributed by atoms with Gasteiger partial charge < -0.3 is 9.13 Å². The second-order valence-electron chi connectivity index (χ2n) is 13.1. The van der Waals surface area contributed by atoms with Gasteiger partial charge in [0.05, 0.1) is 0 Å². The van der Waals surface area contributed by atoms with Crippen molar-refractivity contribution in [2.45, 2.75) is 0 Å². The van der Waals surface area contributed by atoms with E-state index in [1.54, 1.807) is 12.2 Å². The second-order valence-corrected chi connectivity index (χ2v) is 18.8. The zero-order valence-corrected chi connectivity index (χ0v) is 29.3. The molecule has 0 saturated heterocycles. The van der Waals surface area contributed by atoms with Crippen LogP contribution in [0.5, 0.6) is 0 Å². The van der Waals surface area contributed by atoms with Gasteiger partial charge >= 0.3 is 0 Å². The molecule has 240 valence electrons. The maximum atomic E-state index is 14.1. The minimum absolute atomic E-state index is 0.504. The van der Waals surface area contributed by atoms with E-state index in [-0.39, 0.29) is 0 Å². The monoisotopic (exact) mass is 680 g/mol. The molecule has 2 heterocycles. The summed E-state index contributed by atoms with van der Waals surface area (Å²) in [5, 5.41) is 13.4. The fraction of sp³-hybridized carbons (Fsp3) is 0.0435. The second kappa shape index (κ2) is 11.7. The first-order chi connectivity index (χ1) is 24.5. The highest BCUT2D eigenvalue weighted by Gasteiger charge is 2.40. The lowest BCUT2D eigenvalue weighted by Crippen LogP contribution is -2.12. The summed E-state index contributed by atoms with van der Waals surface area (Å²) >= 11 is 0. The quantitative estimate of drug-likeness (QED) is 0.137. The third-order valence-corrected chi connectivity index (χ3v) is 16.6. The lowest BCUT2D eigenvalue weighted by atomic mass is 9.94. The molecule has 8 aromatic rings. The molecule has 0 amide bonds. The Balaban J connectivity index is 0.000000135. The van der Waals surface area contributed by atoms with E-state index in [2.05, 4.69) is 159 Å². The van der Waals surface area contributed by atoms with Crippen LogP contribution in [-0.2, 0) is 9.13 Å². The van der Waals surface area contributed by atoms with Crippen LogP contribution in [0.25, 0.3) is 65.3 Å². The van der Waals surface area contributed by atoms with Gasteiger partial charge in [0.15, 0.2) is 0 Å². The van der Waals surface area contributed by atoms with E-state index in [0.717, 1.165) is 43.5 Å². The maximum Gasteiger partial charge on any atom is 0.148 e. The van der Waals surface area contributed by atoms with E-state index >= 15 is 0 Å². The zero-order valence-electron chi connectivity index (χ0n) is 27.6. The maximum absolute atomic E-state index is 14.1. The van der Waals surface area contributed by atoms with Crippen LogP contribution >= 0.6 is 14.3 Å². The van der Waals surface area contributed by atoms with E-state index in [1.165, 1.54) is 43.1 Å². The van der Waals surface area contributed by atoms with Crippen LogP contribution in [0.15, 0.2) is 171 Å². The van der Waals surface area contributed by atoms with Gasteiger partial charge in [-0.2, -0.15) is 0 Å². The molecule has 4 heteroatoms. The molecule has 0 bridgehead atoms. The van der Waals surface area contributed by atoms with Crippen LogP contribution in [0.1, 0.15) is 0 Å². The molecule has 0 radical (unpaired) electrons. The molecule has 0 aliphatic carbocycles. The Bertz CT molecular complexity index is 2450. The number of hydrogen-bond acceptors (Lipinski definition) is 2. The van der Waals surface area contributed by atoms with Crippen molar-refractivity contribution in [3.8, 4) is 22.3 Å². The van der Waals surface area contributed by atoms with Crippen molar-refractivity contribution in [1.29, 1.82) is 0 Å². The molecule has 8 aromatic carbocycles. The fourth-order valence-electron chi connectivity index (χ4n) is 8.31. The van der Waals surface area contributed by atoms with E-state index in [9.17, 15) is 9.13 Å². The first-order valence-corrected chi connectivity index (χ1v) is 20.8. The number of fused-ring (bicyclic) bond motifs is 14. The molecule has 0 fully saturated rings. The standard InChI is InChI=1S/2C23H17OP/c2*1-2-15-25(24)20-13-11-16-7-3-5-9-18(16)22(20)23-19-10-6-4-8-17(19)12-14-21(23)25/h2*2-14H,1,15H2. The Morgan fingerprint density at radius 3 is 0.840 bits per heavy atom. The van der Waals surface area contributed by atoms with E-state index in [1.807, 2.05) is 0 Å². The molecule has 0 saturated carbocycles. The summed E-state index contributed by atoms with van der Waals surface area (Å²) in [4.78, 5) is 0. The van der Waals surface area contributed by atoms with Gasteiger partial charge in [-0.05, 0) is 67.4 Å². The highest BCUT2D eigenvalue weighted by Crippen LogP contribution is 2.57. The van der Waals surface area contributed by atoms with Crippen molar-refractivity contribution in [3.05, 3.63) is 171 Å². The molecule has 0 spiro atoms. The Hall–Kier alpha value is -5.26.